The minimum Gasteiger partial charge on any atom is -0.309 e. The molecule has 0 saturated carbocycles. The Hall–Kier alpha value is -7.69. The normalized spacial score (nSPS) is 13.3. The van der Waals surface area contributed by atoms with Crippen LogP contribution in [0.25, 0.3) is 55.0 Å². The standard InChI is InChI=1S/C54H36N4/c1-3-16-37(17-4-1)54(38-18-5-2-6-19-38)46-25-10-14-29-52(46)58(53-36-55-33-32-47(53)54)40-21-15-20-39(34-40)56-50-28-13-9-24-44(50)45-35-41(30-31-51(45)56)57-48-26-11-7-22-42(48)43-23-8-12-27-49(43)57/h1-36H. The summed E-state index contributed by atoms with van der Waals surface area (Å²) in [5, 5.41) is 4.96. The monoisotopic (exact) mass is 740 g/mol. The summed E-state index contributed by atoms with van der Waals surface area (Å²) in [7, 11) is 0. The first-order chi connectivity index (χ1) is 28.8. The van der Waals surface area contributed by atoms with Crippen molar-refractivity contribution in [1.29, 1.82) is 0 Å². The molecule has 0 radical (unpaired) electrons. The molecule has 0 aliphatic carbocycles. The van der Waals surface area contributed by atoms with Gasteiger partial charge in [-0.15, -0.1) is 0 Å². The van der Waals surface area contributed by atoms with Crippen molar-refractivity contribution in [3.8, 4) is 11.4 Å². The Morgan fingerprint density at radius 1 is 0.345 bits per heavy atom. The molecular formula is C54H36N4. The Labute approximate surface area is 336 Å². The van der Waals surface area contributed by atoms with E-state index in [1.807, 2.05) is 12.4 Å². The van der Waals surface area contributed by atoms with Crippen LogP contribution in [0.5, 0.6) is 0 Å². The van der Waals surface area contributed by atoms with Gasteiger partial charge in [-0.05, 0) is 89.0 Å². The maximum absolute atomic E-state index is 4.77. The Morgan fingerprint density at radius 3 is 1.50 bits per heavy atom. The number of hydrogen-bond acceptors (Lipinski definition) is 2. The summed E-state index contributed by atoms with van der Waals surface area (Å²) in [5.74, 6) is 0. The van der Waals surface area contributed by atoms with Gasteiger partial charge in [-0.2, -0.15) is 0 Å². The molecule has 4 nitrogen and oxygen atoms in total. The molecule has 0 spiro atoms. The molecule has 1 aliphatic rings. The summed E-state index contributed by atoms with van der Waals surface area (Å²) in [5.41, 5.74) is 14.6. The highest BCUT2D eigenvalue weighted by molar-refractivity contribution is 6.12. The van der Waals surface area contributed by atoms with Gasteiger partial charge in [-0.1, -0.05) is 140 Å². The lowest BCUT2D eigenvalue weighted by Crippen LogP contribution is -2.37. The molecular weight excluding hydrogens is 705 g/mol. The van der Waals surface area contributed by atoms with E-state index in [2.05, 4.69) is 220 Å². The van der Waals surface area contributed by atoms with Gasteiger partial charge in [-0.3, -0.25) is 4.98 Å². The first kappa shape index (κ1) is 32.5. The minimum atomic E-state index is -0.549. The molecule has 0 bridgehead atoms. The van der Waals surface area contributed by atoms with Gasteiger partial charge < -0.3 is 14.0 Å². The van der Waals surface area contributed by atoms with E-state index in [0.29, 0.717) is 0 Å². The van der Waals surface area contributed by atoms with Crippen molar-refractivity contribution >= 4 is 60.7 Å². The Balaban J connectivity index is 1.07. The molecule has 58 heavy (non-hydrogen) atoms. The van der Waals surface area contributed by atoms with Crippen LogP contribution in [0.4, 0.5) is 17.1 Å². The smallest absolute Gasteiger partial charge is 0.0743 e. The van der Waals surface area contributed by atoms with Gasteiger partial charge in [0.15, 0.2) is 0 Å². The van der Waals surface area contributed by atoms with E-state index in [1.54, 1.807) is 0 Å². The average Bonchev–Trinajstić information content (AvgIpc) is 3.81. The topological polar surface area (TPSA) is 26.0 Å². The first-order valence-electron chi connectivity index (χ1n) is 19.9. The summed E-state index contributed by atoms with van der Waals surface area (Å²) in [6, 6.07) is 75.1. The van der Waals surface area contributed by atoms with Gasteiger partial charge in [0.25, 0.3) is 0 Å². The van der Waals surface area contributed by atoms with Crippen LogP contribution in [0.15, 0.2) is 219 Å². The molecule has 8 aromatic carbocycles. The van der Waals surface area contributed by atoms with Gasteiger partial charge in [0, 0.05) is 44.8 Å². The zero-order valence-electron chi connectivity index (χ0n) is 31.6. The van der Waals surface area contributed by atoms with E-state index in [0.717, 1.165) is 34.0 Å². The summed E-state index contributed by atoms with van der Waals surface area (Å²) in [6.07, 6.45) is 3.98. The third-order valence-electron chi connectivity index (χ3n) is 12.2. The van der Waals surface area contributed by atoms with E-state index in [-0.39, 0.29) is 0 Å². The number of pyridine rings is 1. The molecule has 12 rings (SSSR count). The van der Waals surface area contributed by atoms with Crippen molar-refractivity contribution in [2.45, 2.75) is 5.41 Å². The van der Waals surface area contributed by atoms with Crippen LogP contribution in [-0.4, -0.2) is 14.1 Å². The second-order valence-electron chi connectivity index (χ2n) is 15.2. The van der Waals surface area contributed by atoms with Crippen molar-refractivity contribution < 1.29 is 0 Å². The van der Waals surface area contributed by atoms with Crippen LogP contribution < -0.4 is 4.90 Å². The molecule has 272 valence electrons. The first-order valence-corrected chi connectivity index (χ1v) is 19.9. The van der Waals surface area contributed by atoms with Crippen molar-refractivity contribution in [3.63, 3.8) is 0 Å². The number of fused-ring (bicyclic) bond motifs is 8. The Kier molecular flexibility index (Phi) is 7.11. The largest absolute Gasteiger partial charge is 0.309 e. The lowest BCUT2D eigenvalue weighted by molar-refractivity contribution is 0.729. The number of rotatable bonds is 5. The fourth-order valence-corrected chi connectivity index (χ4v) is 9.94. The van der Waals surface area contributed by atoms with E-state index in [1.165, 1.54) is 60.3 Å². The number of hydrogen-bond donors (Lipinski definition) is 0. The van der Waals surface area contributed by atoms with Crippen molar-refractivity contribution in [2.24, 2.45) is 0 Å². The Bertz CT molecular complexity index is 3220. The molecule has 0 unspecified atom stereocenters. The van der Waals surface area contributed by atoms with Crippen LogP contribution in [0.3, 0.4) is 0 Å². The van der Waals surface area contributed by atoms with E-state index in [9.17, 15) is 0 Å². The van der Waals surface area contributed by atoms with Crippen LogP contribution in [-0.2, 0) is 5.41 Å². The number of anilines is 3. The number of benzene rings is 8. The number of para-hydroxylation sites is 4. The van der Waals surface area contributed by atoms with Gasteiger partial charge in [0.05, 0.1) is 45.1 Å². The second kappa shape index (κ2) is 12.7. The van der Waals surface area contributed by atoms with Crippen molar-refractivity contribution in [3.05, 3.63) is 241 Å². The number of nitrogens with zero attached hydrogens (tertiary/aromatic N) is 4. The molecule has 0 fully saturated rings. The highest BCUT2D eigenvalue weighted by atomic mass is 15.2. The number of aromatic nitrogens is 3. The third kappa shape index (κ3) is 4.54. The molecule has 3 aromatic heterocycles. The maximum atomic E-state index is 4.77. The van der Waals surface area contributed by atoms with Gasteiger partial charge in [-0.25, -0.2) is 0 Å². The molecule has 0 atom stereocenters. The lowest BCUT2D eigenvalue weighted by atomic mass is 9.62. The average molecular weight is 741 g/mol. The predicted molar refractivity (Wildman–Crippen MR) is 239 cm³/mol. The van der Waals surface area contributed by atoms with Gasteiger partial charge in [0.2, 0.25) is 0 Å². The van der Waals surface area contributed by atoms with Crippen LogP contribution >= 0.6 is 0 Å². The molecule has 4 heterocycles. The summed E-state index contributed by atoms with van der Waals surface area (Å²) >= 11 is 0. The third-order valence-corrected chi connectivity index (χ3v) is 12.2. The van der Waals surface area contributed by atoms with Crippen molar-refractivity contribution in [2.75, 3.05) is 4.90 Å². The zero-order valence-corrected chi connectivity index (χ0v) is 31.6. The summed E-state index contributed by atoms with van der Waals surface area (Å²) in [6.45, 7) is 0. The summed E-state index contributed by atoms with van der Waals surface area (Å²) in [4.78, 5) is 7.17. The maximum Gasteiger partial charge on any atom is 0.0743 e. The fraction of sp³-hybridized carbons (Fsp3) is 0.0185. The minimum absolute atomic E-state index is 0.549. The lowest BCUT2D eigenvalue weighted by Gasteiger charge is -2.46. The second-order valence-corrected chi connectivity index (χ2v) is 15.2. The molecule has 0 saturated heterocycles. The van der Waals surface area contributed by atoms with Gasteiger partial charge in [0.1, 0.15) is 0 Å². The quantitative estimate of drug-likeness (QED) is 0.176. The fourth-order valence-electron chi connectivity index (χ4n) is 9.94. The molecule has 0 N–H and O–H groups in total. The molecule has 1 aliphatic heterocycles. The van der Waals surface area contributed by atoms with Crippen LogP contribution in [0, 0.1) is 0 Å². The van der Waals surface area contributed by atoms with Crippen LogP contribution in [0.1, 0.15) is 22.3 Å². The molecule has 4 heteroatoms. The van der Waals surface area contributed by atoms with Crippen molar-refractivity contribution in [1.82, 2.24) is 14.1 Å². The highest BCUT2D eigenvalue weighted by Gasteiger charge is 2.46. The zero-order chi connectivity index (χ0) is 38.2. The summed E-state index contributed by atoms with van der Waals surface area (Å²) < 4.78 is 4.82. The van der Waals surface area contributed by atoms with Crippen LogP contribution in [0.2, 0.25) is 0 Å². The SMILES string of the molecule is c1ccc(C2(c3ccccc3)c3ccccc3N(c3cccc(-n4c5ccccc5c5cc(-n6c7ccccc7c7ccccc76)ccc54)c3)c3cnccc32)cc1. The predicted octanol–water partition coefficient (Wildman–Crippen LogP) is 13.4. The van der Waals surface area contributed by atoms with E-state index < -0.39 is 5.41 Å². The molecule has 11 aromatic rings. The highest BCUT2D eigenvalue weighted by Crippen LogP contribution is 2.57. The molecule has 0 amide bonds. The Morgan fingerprint density at radius 2 is 0.845 bits per heavy atom. The van der Waals surface area contributed by atoms with Gasteiger partial charge >= 0.3 is 0 Å². The van der Waals surface area contributed by atoms with E-state index in [4.69, 9.17) is 4.98 Å². The van der Waals surface area contributed by atoms with E-state index >= 15 is 0 Å².